The summed E-state index contributed by atoms with van der Waals surface area (Å²) in [7, 11) is 0. The van der Waals surface area contributed by atoms with E-state index in [1.807, 2.05) is 38.8 Å². The van der Waals surface area contributed by atoms with Crippen molar-refractivity contribution in [2.75, 3.05) is 11.0 Å². The lowest BCUT2D eigenvalue weighted by atomic mass is 10.0. The first-order chi connectivity index (χ1) is 14.3. The largest absolute Gasteiger partial charge is 0.349 e. The monoisotopic (exact) mass is 531 g/mol. The van der Waals surface area contributed by atoms with Crippen LogP contribution in [0.5, 0.6) is 0 Å². The average molecular weight is 531 g/mol. The zero-order chi connectivity index (χ0) is 21.1. The highest BCUT2D eigenvalue weighted by molar-refractivity contribution is 14.1. The van der Waals surface area contributed by atoms with Crippen molar-refractivity contribution in [2.45, 2.75) is 88.5 Å². The third kappa shape index (κ3) is 3.94. The molecule has 30 heavy (non-hydrogen) atoms. The van der Waals surface area contributed by atoms with Crippen LogP contribution in [0.15, 0.2) is 30.3 Å². The quantitative estimate of drug-likeness (QED) is 0.435. The van der Waals surface area contributed by atoms with E-state index in [0.29, 0.717) is 6.61 Å². The summed E-state index contributed by atoms with van der Waals surface area (Å²) in [6.07, 6.45) is -0.350. The minimum atomic E-state index is -0.685. The summed E-state index contributed by atoms with van der Waals surface area (Å²) < 4.78 is 32.0. The summed E-state index contributed by atoms with van der Waals surface area (Å²) in [5, 5.41) is 2.00. The summed E-state index contributed by atoms with van der Waals surface area (Å²) in [5.41, 5.74) is 1.22. The number of fused-ring (bicyclic) bond motifs is 1. The maximum Gasteiger partial charge on any atom is 0.164 e. The Morgan fingerprint density at radius 1 is 0.967 bits per heavy atom. The molecule has 0 aromatic heterocycles. The number of alkyl halides is 1. The summed E-state index contributed by atoms with van der Waals surface area (Å²) in [4.78, 5) is 6.38. The van der Waals surface area contributed by atoms with Crippen LogP contribution in [0.25, 0.3) is 0 Å². The van der Waals surface area contributed by atoms with E-state index in [2.05, 4.69) is 46.9 Å². The summed E-state index contributed by atoms with van der Waals surface area (Å²) in [5.74, 6) is -1.31. The van der Waals surface area contributed by atoms with Crippen LogP contribution in [-0.2, 0) is 28.5 Å². The standard InChI is InChI=1S/C22H30INO6/c1-21(2)25-12-16(27-21)17-18-19(29-22(3,4)28-18)20(26-17)24-15(10-14(11-23)30-24)13-8-6-5-7-9-13/h5-9,14-20H,10-12H2,1-4H3/t14-,15+,16+,17+,18-,19-,20-/m0/s1. The summed E-state index contributed by atoms with van der Waals surface area (Å²) in [6.45, 7) is 8.21. The Morgan fingerprint density at radius 2 is 1.70 bits per heavy atom. The Labute approximate surface area is 191 Å². The molecule has 8 heteroatoms. The third-order valence-corrected chi connectivity index (χ3v) is 7.12. The number of hydroxylamine groups is 2. The SMILES string of the molecule is CC1(C)O[C@H]2[C@@H]([C@H]3COC(C)(C)O3)O[C@H](N3O[C@H](CI)C[C@@H]3c3ccccc3)[C@H]2O1. The van der Waals surface area contributed by atoms with Crippen LogP contribution in [0.1, 0.15) is 45.7 Å². The highest BCUT2D eigenvalue weighted by Crippen LogP contribution is 2.47. The van der Waals surface area contributed by atoms with Gasteiger partial charge in [0.05, 0.1) is 18.8 Å². The van der Waals surface area contributed by atoms with E-state index in [4.69, 9.17) is 28.5 Å². The molecule has 0 amide bonds. The van der Waals surface area contributed by atoms with Crippen molar-refractivity contribution < 1.29 is 28.5 Å². The van der Waals surface area contributed by atoms with Crippen molar-refractivity contribution in [3.63, 3.8) is 0 Å². The molecule has 7 atom stereocenters. The first-order valence-corrected chi connectivity index (χ1v) is 12.2. The van der Waals surface area contributed by atoms with Crippen molar-refractivity contribution in [1.29, 1.82) is 0 Å². The Morgan fingerprint density at radius 3 is 2.37 bits per heavy atom. The fourth-order valence-corrected chi connectivity index (χ4v) is 5.44. The fraction of sp³-hybridized carbons (Fsp3) is 0.727. The van der Waals surface area contributed by atoms with Crippen LogP contribution in [-0.4, -0.2) is 64.4 Å². The van der Waals surface area contributed by atoms with Crippen LogP contribution in [0.4, 0.5) is 0 Å². The topological polar surface area (TPSA) is 58.6 Å². The second-order valence-electron chi connectivity index (χ2n) is 9.33. The van der Waals surface area contributed by atoms with E-state index in [1.54, 1.807) is 0 Å². The van der Waals surface area contributed by atoms with Crippen LogP contribution in [0.3, 0.4) is 0 Å². The molecule has 0 radical (unpaired) electrons. The van der Waals surface area contributed by atoms with Gasteiger partial charge >= 0.3 is 0 Å². The maximum absolute atomic E-state index is 6.57. The molecule has 4 aliphatic heterocycles. The van der Waals surface area contributed by atoms with Crippen LogP contribution in [0, 0.1) is 0 Å². The molecule has 0 unspecified atom stereocenters. The van der Waals surface area contributed by atoms with Gasteiger partial charge in [0.1, 0.15) is 24.4 Å². The predicted octanol–water partition coefficient (Wildman–Crippen LogP) is 3.57. The molecule has 4 aliphatic rings. The van der Waals surface area contributed by atoms with Crippen molar-refractivity contribution in [3.8, 4) is 0 Å². The Hall–Kier alpha value is -0.330. The summed E-state index contributed by atoms with van der Waals surface area (Å²) in [6, 6.07) is 10.6. The molecule has 0 saturated carbocycles. The minimum Gasteiger partial charge on any atom is -0.349 e. The van der Waals surface area contributed by atoms with Gasteiger partial charge in [-0.2, -0.15) is 0 Å². The lowest BCUT2D eigenvalue weighted by Crippen LogP contribution is -2.43. The highest BCUT2D eigenvalue weighted by atomic mass is 127. The molecule has 4 saturated heterocycles. The van der Waals surface area contributed by atoms with Gasteiger partial charge in [-0.15, -0.1) is 5.06 Å². The Bertz CT molecular complexity index is 761. The first-order valence-electron chi connectivity index (χ1n) is 10.7. The second-order valence-corrected chi connectivity index (χ2v) is 10.2. The van der Waals surface area contributed by atoms with Crippen molar-refractivity contribution in [3.05, 3.63) is 35.9 Å². The zero-order valence-corrected chi connectivity index (χ0v) is 20.0. The molecule has 0 N–H and O–H groups in total. The average Bonchev–Trinajstić information content (AvgIpc) is 3.43. The van der Waals surface area contributed by atoms with Gasteiger partial charge in [0.2, 0.25) is 0 Å². The smallest absolute Gasteiger partial charge is 0.164 e. The molecule has 4 fully saturated rings. The van der Waals surface area contributed by atoms with E-state index in [-0.39, 0.29) is 42.8 Å². The number of benzene rings is 1. The normalized spacial score (nSPS) is 42.6. The number of nitrogens with zero attached hydrogens (tertiary/aromatic N) is 1. The Balaban J connectivity index is 1.44. The summed E-state index contributed by atoms with van der Waals surface area (Å²) >= 11 is 2.38. The maximum atomic E-state index is 6.57. The molecular formula is C22H30INO6. The van der Waals surface area contributed by atoms with Crippen molar-refractivity contribution in [2.24, 2.45) is 0 Å². The molecule has 1 aromatic carbocycles. The van der Waals surface area contributed by atoms with Gasteiger partial charge in [-0.1, -0.05) is 52.9 Å². The molecule has 7 nitrogen and oxygen atoms in total. The first kappa shape index (κ1) is 21.5. The fourth-order valence-electron chi connectivity index (χ4n) is 4.92. The number of halogens is 1. The van der Waals surface area contributed by atoms with E-state index < -0.39 is 11.6 Å². The lowest BCUT2D eigenvalue weighted by molar-refractivity contribution is -0.290. The minimum absolute atomic E-state index is 0.0971. The predicted molar refractivity (Wildman–Crippen MR) is 117 cm³/mol. The van der Waals surface area contributed by atoms with Gasteiger partial charge in [0, 0.05) is 4.43 Å². The van der Waals surface area contributed by atoms with Gasteiger partial charge < -0.3 is 23.7 Å². The number of ether oxygens (including phenoxy) is 5. The van der Waals surface area contributed by atoms with Gasteiger partial charge in [-0.3, -0.25) is 4.84 Å². The van der Waals surface area contributed by atoms with Crippen molar-refractivity contribution in [1.82, 2.24) is 5.06 Å². The van der Waals surface area contributed by atoms with E-state index in [1.165, 1.54) is 5.56 Å². The van der Waals surface area contributed by atoms with Crippen LogP contribution < -0.4 is 0 Å². The number of hydrogen-bond donors (Lipinski definition) is 0. The molecular weight excluding hydrogens is 501 g/mol. The van der Waals surface area contributed by atoms with Gasteiger partial charge in [-0.25, -0.2) is 0 Å². The molecule has 0 bridgehead atoms. The van der Waals surface area contributed by atoms with E-state index in [9.17, 15) is 0 Å². The van der Waals surface area contributed by atoms with Gasteiger partial charge in [0.25, 0.3) is 0 Å². The molecule has 1 aromatic rings. The highest BCUT2D eigenvalue weighted by Gasteiger charge is 2.62. The molecule has 5 rings (SSSR count). The molecule has 4 heterocycles. The number of hydrogen-bond acceptors (Lipinski definition) is 7. The number of rotatable bonds is 4. The second kappa shape index (κ2) is 7.91. The van der Waals surface area contributed by atoms with Crippen LogP contribution >= 0.6 is 22.6 Å². The van der Waals surface area contributed by atoms with E-state index in [0.717, 1.165) is 10.8 Å². The Kier molecular flexibility index (Phi) is 5.67. The van der Waals surface area contributed by atoms with E-state index >= 15 is 0 Å². The molecule has 0 spiro atoms. The molecule has 0 aliphatic carbocycles. The third-order valence-electron chi connectivity index (χ3n) is 6.13. The van der Waals surface area contributed by atoms with Gasteiger partial charge in [-0.05, 0) is 39.7 Å². The lowest BCUT2D eigenvalue weighted by Gasteiger charge is -2.33. The molecule has 166 valence electrons. The zero-order valence-electron chi connectivity index (χ0n) is 17.8. The van der Waals surface area contributed by atoms with Crippen molar-refractivity contribution >= 4 is 22.6 Å². The van der Waals surface area contributed by atoms with Crippen LogP contribution in [0.2, 0.25) is 0 Å². The van der Waals surface area contributed by atoms with Gasteiger partial charge in [0.15, 0.2) is 17.8 Å².